The number of hydrogen-bond acceptors (Lipinski definition) is 5. The van der Waals surface area contributed by atoms with Crippen LogP contribution in [0.5, 0.6) is 0 Å². The third-order valence-electron chi connectivity index (χ3n) is 6.66. The lowest BCUT2D eigenvalue weighted by Gasteiger charge is -2.28. The number of carbonyl (C=O) groups excluding carboxylic acids is 2. The Bertz CT molecular complexity index is 1300. The first kappa shape index (κ1) is 24.7. The minimum atomic E-state index is -0.148. The van der Waals surface area contributed by atoms with Crippen LogP contribution in [0.15, 0.2) is 41.2 Å². The molecule has 0 radical (unpaired) electrons. The summed E-state index contributed by atoms with van der Waals surface area (Å²) in [6.45, 7) is 8.20. The molecule has 4 rings (SSSR count). The number of ether oxygens (including phenoxy) is 1. The zero-order valence-corrected chi connectivity index (χ0v) is 21.1. The highest BCUT2D eigenvalue weighted by molar-refractivity contribution is 5.99. The molecule has 0 spiro atoms. The molecule has 3 heterocycles. The predicted molar refractivity (Wildman–Crippen MR) is 134 cm³/mol. The number of likely N-dealkylation sites (N-methyl/N-ethyl adjacent to an activating group) is 1. The Labute approximate surface area is 205 Å². The van der Waals surface area contributed by atoms with Gasteiger partial charge in [0.1, 0.15) is 5.69 Å². The zero-order chi connectivity index (χ0) is 25.3. The van der Waals surface area contributed by atoms with Gasteiger partial charge in [-0.2, -0.15) is 0 Å². The van der Waals surface area contributed by atoms with Gasteiger partial charge in [-0.05, 0) is 46.0 Å². The second-order valence-electron chi connectivity index (χ2n) is 9.12. The average molecular weight is 480 g/mol. The molecule has 1 amide bonds. The van der Waals surface area contributed by atoms with Crippen molar-refractivity contribution in [3.63, 3.8) is 0 Å². The highest BCUT2D eigenvalue weighted by atomic mass is 16.5. The molecular formula is C26H33N5O4. The van der Waals surface area contributed by atoms with Crippen molar-refractivity contribution in [3.8, 4) is 11.4 Å². The SMILES string of the molecule is Cc1cc(C(=O)CN(C)CC(=O)N2CCOCC2)c(C)n1-c1c(C)n(C)n(-c2ccccc2)c1=O. The standard InChI is InChI=1S/C26H33N5O4/c1-18-15-22(23(32)16-27(4)17-24(33)29-11-13-35-14-12-29)19(2)30(18)25-20(3)28(5)31(26(25)34)21-9-7-6-8-10-21/h6-10,15H,11-14,16-17H2,1-5H3. The zero-order valence-electron chi connectivity index (χ0n) is 21.1. The Morgan fingerprint density at radius 1 is 1.00 bits per heavy atom. The highest BCUT2D eigenvalue weighted by Crippen LogP contribution is 2.23. The number of benzene rings is 1. The van der Waals surface area contributed by atoms with Gasteiger partial charge < -0.3 is 14.2 Å². The molecule has 2 aromatic heterocycles. The van der Waals surface area contributed by atoms with Gasteiger partial charge in [0.2, 0.25) is 5.91 Å². The molecule has 1 aromatic carbocycles. The van der Waals surface area contributed by atoms with Crippen LogP contribution < -0.4 is 5.56 Å². The van der Waals surface area contributed by atoms with Gasteiger partial charge in [-0.15, -0.1) is 0 Å². The third-order valence-corrected chi connectivity index (χ3v) is 6.66. The maximum absolute atomic E-state index is 13.5. The fraction of sp³-hybridized carbons (Fsp3) is 0.423. The molecule has 9 nitrogen and oxygen atoms in total. The second-order valence-corrected chi connectivity index (χ2v) is 9.12. The van der Waals surface area contributed by atoms with E-state index >= 15 is 0 Å². The normalized spacial score (nSPS) is 14.1. The Morgan fingerprint density at radius 2 is 1.66 bits per heavy atom. The van der Waals surface area contributed by atoms with Gasteiger partial charge in [-0.3, -0.25) is 24.0 Å². The lowest BCUT2D eigenvalue weighted by molar-refractivity contribution is -0.136. The minimum Gasteiger partial charge on any atom is -0.378 e. The molecule has 0 aliphatic carbocycles. The number of aryl methyl sites for hydroxylation is 1. The summed E-state index contributed by atoms with van der Waals surface area (Å²) in [6.07, 6.45) is 0. The van der Waals surface area contributed by atoms with Gasteiger partial charge in [0.15, 0.2) is 5.78 Å². The smallest absolute Gasteiger partial charge is 0.295 e. The van der Waals surface area contributed by atoms with Gasteiger partial charge >= 0.3 is 0 Å². The molecule has 0 bridgehead atoms. The summed E-state index contributed by atoms with van der Waals surface area (Å²) < 4.78 is 10.6. The predicted octanol–water partition coefficient (Wildman–Crippen LogP) is 1.87. The summed E-state index contributed by atoms with van der Waals surface area (Å²) in [7, 11) is 3.63. The number of carbonyl (C=O) groups is 2. The summed E-state index contributed by atoms with van der Waals surface area (Å²) >= 11 is 0. The van der Waals surface area contributed by atoms with Crippen molar-refractivity contribution in [2.45, 2.75) is 20.8 Å². The van der Waals surface area contributed by atoms with Crippen molar-refractivity contribution in [1.82, 2.24) is 23.7 Å². The molecule has 3 aromatic rings. The number of morpholine rings is 1. The van der Waals surface area contributed by atoms with E-state index in [4.69, 9.17) is 4.74 Å². The topological polar surface area (TPSA) is 81.7 Å². The van der Waals surface area contributed by atoms with Crippen LogP contribution in [-0.4, -0.2) is 81.9 Å². The number of hydrogen-bond donors (Lipinski definition) is 0. The van der Waals surface area contributed by atoms with Crippen LogP contribution in [0.2, 0.25) is 0 Å². The fourth-order valence-corrected chi connectivity index (χ4v) is 4.73. The van der Waals surface area contributed by atoms with E-state index in [1.165, 1.54) is 0 Å². The molecule has 1 saturated heterocycles. The van der Waals surface area contributed by atoms with Gasteiger partial charge in [0.25, 0.3) is 5.56 Å². The molecule has 1 aliphatic rings. The Hall–Kier alpha value is -3.43. The van der Waals surface area contributed by atoms with E-state index in [0.717, 1.165) is 17.1 Å². The molecule has 0 unspecified atom stereocenters. The molecule has 0 atom stereocenters. The largest absolute Gasteiger partial charge is 0.378 e. The lowest BCUT2D eigenvalue weighted by Crippen LogP contribution is -2.45. The minimum absolute atomic E-state index is 0.00422. The van der Waals surface area contributed by atoms with Crippen molar-refractivity contribution >= 4 is 11.7 Å². The lowest BCUT2D eigenvalue weighted by atomic mass is 10.1. The Balaban J connectivity index is 1.59. The number of rotatable bonds is 7. The summed E-state index contributed by atoms with van der Waals surface area (Å²) in [6, 6.07) is 11.3. The monoisotopic (exact) mass is 479 g/mol. The van der Waals surface area contributed by atoms with Crippen molar-refractivity contribution in [3.05, 3.63) is 69.4 Å². The molecule has 186 valence electrons. The van der Waals surface area contributed by atoms with Gasteiger partial charge in [-0.25, -0.2) is 4.68 Å². The first-order chi connectivity index (χ1) is 16.7. The van der Waals surface area contributed by atoms with Crippen LogP contribution in [0.25, 0.3) is 11.4 Å². The summed E-state index contributed by atoms with van der Waals surface area (Å²) in [4.78, 5) is 42.8. The number of nitrogens with zero attached hydrogens (tertiary/aromatic N) is 5. The van der Waals surface area contributed by atoms with Crippen LogP contribution in [0.3, 0.4) is 0 Å². The van der Waals surface area contributed by atoms with Gasteiger partial charge in [0, 0.05) is 37.1 Å². The van der Waals surface area contributed by atoms with Crippen molar-refractivity contribution < 1.29 is 14.3 Å². The van der Waals surface area contributed by atoms with Crippen molar-refractivity contribution in [1.29, 1.82) is 0 Å². The van der Waals surface area contributed by atoms with Crippen LogP contribution in [0.1, 0.15) is 27.4 Å². The molecule has 1 fully saturated rings. The van der Waals surface area contributed by atoms with E-state index in [-0.39, 0.29) is 30.3 Å². The van der Waals surface area contributed by atoms with Crippen LogP contribution in [0.4, 0.5) is 0 Å². The van der Waals surface area contributed by atoms with E-state index in [1.807, 2.05) is 73.5 Å². The second kappa shape index (κ2) is 10.1. The number of aromatic nitrogens is 3. The van der Waals surface area contributed by atoms with Crippen LogP contribution in [0, 0.1) is 20.8 Å². The molecule has 1 aliphatic heterocycles. The molecule has 0 N–H and O–H groups in total. The maximum Gasteiger partial charge on any atom is 0.295 e. The van der Waals surface area contributed by atoms with E-state index < -0.39 is 0 Å². The first-order valence-electron chi connectivity index (χ1n) is 11.8. The van der Waals surface area contributed by atoms with E-state index in [1.54, 1.807) is 21.5 Å². The number of ketones is 1. The van der Waals surface area contributed by atoms with Crippen molar-refractivity contribution in [2.24, 2.45) is 7.05 Å². The Morgan fingerprint density at radius 3 is 2.31 bits per heavy atom. The number of para-hydroxylation sites is 1. The molecule has 9 heteroatoms. The van der Waals surface area contributed by atoms with E-state index in [9.17, 15) is 14.4 Å². The fourth-order valence-electron chi connectivity index (χ4n) is 4.73. The Kier molecular flexibility index (Phi) is 7.09. The number of Topliss-reactive ketones (excluding diaryl/α,β-unsaturated/α-hetero) is 1. The third kappa shape index (κ3) is 4.74. The van der Waals surface area contributed by atoms with Crippen molar-refractivity contribution in [2.75, 3.05) is 46.4 Å². The molecule has 0 saturated carbocycles. The van der Waals surface area contributed by atoms with E-state index in [2.05, 4.69) is 0 Å². The number of amides is 1. The quantitative estimate of drug-likeness (QED) is 0.483. The van der Waals surface area contributed by atoms with Crippen LogP contribution >= 0.6 is 0 Å². The summed E-state index contributed by atoms with van der Waals surface area (Å²) in [5, 5.41) is 0. The first-order valence-corrected chi connectivity index (χ1v) is 11.8. The van der Waals surface area contributed by atoms with Gasteiger partial charge in [-0.1, -0.05) is 18.2 Å². The maximum atomic E-state index is 13.5. The molecule has 35 heavy (non-hydrogen) atoms. The average Bonchev–Trinajstić information content (AvgIpc) is 3.25. The van der Waals surface area contributed by atoms with Crippen LogP contribution in [-0.2, 0) is 16.6 Å². The summed E-state index contributed by atoms with van der Waals surface area (Å²) in [5.41, 5.74) is 4.04. The molecular weight excluding hydrogens is 446 g/mol. The van der Waals surface area contributed by atoms with E-state index in [0.29, 0.717) is 43.2 Å². The van der Waals surface area contributed by atoms with Gasteiger partial charge in [0.05, 0.1) is 37.7 Å². The summed E-state index contributed by atoms with van der Waals surface area (Å²) in [5.74, 6) is -0.0888. The highest BCUT2D eigenvalue weighted by Gasteiger charge is 2.25.